The van der Waals surface area contributed by atoms with Crippen LogP contribution in [-0.4, -0.2) is 49.3 Å². The summed E-state index contributed by atoms with van der Waals surface area (Å²) in [5.74, 6) is -1.50. The van der Waals surface area contributed by atoms with Crippen molar-refractivity contribution in [2.45, 2.75) is 18.3 Å². The average molecular weight is 237 g/mol. The van der Waals surface area contributed by atoms with E-state index in [1.54, 1.807) is 0 Å². The van der Waals surface area contributed by atoms with E-state index in [1.807, 2.05) is 0 Å². The van der Waals surface area contributed by atoms with Crippen LogP contribution in [-0.2, 0) is 4.79 Å². The normalized spacial score (nSPS) is 30.1. The molecule has 2 aliphatic heterocycles. The molecule has 0 saturated carbocycles. The maximum Gasteiger partial charge on any atom is 0.420 e. The summed E-state index contributed by atoms with van der Waals surface area (Å²) in [4.78, 5) is 13.0. The lowest BCUT2D eigenvalue weighted by Gasteiger charge is -2.36. The molecular formula is C9H14F3N3O. The fourth-order valence-electron chi connectivity index (χ4n) is 2.45. The van der Waals surface area contributed by atoms with Crippen LogP contribution in [0, 0.1) is 5.92 Å². The van der Waals surface area contributed by atoms with Gasteiger partial charge in [0, 0.05) is 26.7 Å². The van der Waals surface area contributed by atoms with Crippen molar-refractivity contribution >= 4 is 5.91 Å². The van der Waals surface area contributed by atoms with Crippen LogP contribution >= 0.6 is 0 Å². The minimum Gasteiger partial charge on any atom is -0.345 e. The Morgan fingerprint density at radius 2 is 1.94 bits per heavy atom. The summed E-state index contributed by atoms with van der Waals surface area (Å²) >= 11 is 0. The fraction of sp³-hybridized carbons (Fsp3) is 0.889. The van der Waals surface area contributed by atoms with Crippen molar-refractivity contribution < 1.29 is 18.0 Å². The molecule has 2 saturated heterocycles. The quantitative estimate of drug-likeness (QED) is 0.670. The van der Waals surface area contributed by atoms with Gasteiger partial charge in [0.05, 0.1) is 5.92 Å². The second-order valence-electron chi connectivity index (χ2n) is 4.26. The van der Waals surface area contributed by atoms with E-state index in [2.05, 4.69) is 10.6 Å². The maximum absolute atomic E-state index is 13.1. The van der Waals surface area contributed by atoms with Gasteiger partial charge in [0.2, 0.25) is 5.91 Å². The number of hydrogen-bond donors (Lipinski definition) is 2. The standard InChI is InChI=1S/C9H14F3N3O/c1-15-5-2-6(7(15)16)8(9(10,11)12)13-3-4-14-8/h6,13-14H,2-5H2,1H3. The smallest absolute Gasteiger partial charge is 0.345 e. The van der Waals surface area contributed by atoms with Crippen LogP contribution in [0.4, 0.5) is 13.2 Å². The summed E-state index contributed by atoms with van der Waals surface area (Å²) in [7, 11) is 1.53. The van der Waals surface area contributed by atoms with Crippen molar-refractivity contribution in [1.29, 1.82) is 0 Å². The molecule has 1 atom stereocenters. The molecule has 0 aromatic carbocycles. The Kier molecular flexibility index (Phi) is 2.62. The summed E-state index contributed by atoms with van der Waals surface area (Å²) in [6, 6.07) is 0. The van der Waals surface area contributed by atoms with E-state index in [9.17, 15) is 18.0 Å². The molecule has 2 fully saturated rings. The lowest BCUT2D eigenvalue weighted by atomic mass is 9.91. The highest BCUT2D eigenvalue weighted by Gasteiger charge is 2.64. The third-order valence-electron chi connectivity index (χ3n) is 3.33. The monoisotopic (exact) mass is 237 g/mol. The highest BCUT2D eigenvalue weighted by Crippen LogP contribution is 2.40. The number of nitrogens with one attached hydrogen (secondary N) is 2. The Morgan fingerprint density at radius 3 is 2.31 bits per heavy atom. The van der Waals surface area contributed by atoms with Crippen LogP contribution in [0.2, 0.25) is 0 Å². The first-order valence-electron chi connectivity index (χ1n) is 5.20. The molecule has 7 heteroatoms. The first-order chi connectivity index (χ1) is 7.38. The molecule has 2 rings (SSSR count). The Balaban J connectivity index is 2.30. The minimum atomic E-state index is -4.46. The summed E-state index contributed by atoms with van der Waals surface area (Å²) in [5.41, 5.74) is -2.23. The average Bonchev–Trinajstić information content (AvgIpc) is 2.75. The molecule has 0 aliphatic carbocycles. The number of halogens is 3. The van der Waals surface area contributed by atoms with Gasteiger partial charge in [-0.2, -0.15) is 13.2 Å². The highest BCUT2D eigenvalue weighted by molar-refractivity contribution is 5.82. The summed E-state index contributed by atoms with van der Waals surface area (Å²) in [6.45, 7) is 0.838. The van der Waals surface area contributed by atoms with Crippen LogP contribution in [0.3, 0.4) is 0 Å². The summed E-state index contributed by atoms with van der Waals surface area (Å²) in [6.07, 6.45) is -4.23. The molecule has 0 radical (unpaired) electrons. The predicted octanol–water partition coefficient (Wildman–Crippen LogP) is -0.0839. The Bertz CT molecular complexity index is 299. The van der Waals surface area contributed by atoms with Gasteiger partial charge in [0.15, 0.2) is 5.66 Å². The highest BCUT2D eigenvalue weighted by atomic mass is 19.4. The number of amides is 1. The minimum absolute atomic E-state index is 0.229. The number of nitrogens with zero attached hydrogens (tertiary/aromatic N) is 1. The molecule has 2 aliphatic rings. The van der Waals surface area contributed by atoms with Gasteiger partial charge in [-0.1, -0.05) is 0 Å². The zero-order valence-electron chi connectivity index (χ0n) is 8.90. The first kappa shape index (κ1) is 11.7. The van der Waals surface area contributed by atoms with E-state index < -0.39 is 23.7 Å². The van der Waals surface area contributed by atoms with Crippen LogP contribution in [0.5, 0.6) is 0 Å². The number of carbonyl (C=O) groups excluding carboxylic acids is 1. The van der Waals surface area contributed by atoms with Crippen molar-refractivity contribution in [1.82, 2.24) is 15.5 Å². The zero-order chi connectivity index (χ0) is 12.0. The van der Waals surface area contributed by atoms with Crippen molar-refractivity contribution in [3.05, 3.63) is 0 Å². The summed E-state index contributed by atoms with van der Waals surface area (Å²) < 4.78 is 39.2. The van der Waals surface area contributed by atoms with Crippen molar-refractivity contribution in [2.75, 3.05) is 26.7 Å². The largest absolute Gasteiger partial charge is 0.420 e. The fourth-order valence-corrected chi connectivity index (χ4v) is 2.45. The van der Waals surface area contributed by atoms with Gasteiger partial charge in [-0.15, -0.1) is 0 Å². The molecule has 16 heavy (non-hydrogen) atoms. The molecule has 92 valence electrons. The molecular weight excluding hydrogens is 223 g/mol. The van der Waals surface area contributed by atoms with Crippen molar-refractivity contribution in [3.63, 3.8) is 0 Å². The zero-order valence-corrected chi connectivity index (χ0v) is 8.90. The topological polar surface area (TPSA) is 44.4 Å². The van der Waals surface area contributed by atoms with Gasteiger partial charge >= 0.3 is 6.18 Å². The first-order valence-corrected chi connectivity index (χ1v) is 5.20. The van der Waals surface area contributed by atoms with Gasteiger partial charge in [0.25, 0.3) is 0 Å². The number of alkyl halides is 3. The van der Waals surface area contributed by atoms with E-state index in [0.29, 0.717) is 6.54 Å². The Labute approximate surface area is 91.2 Å². The predicted molar refractivity (Wildman–Crippen MR) is 50.5 cm³/mol. The van der Waals surface area contributed by atoms with E-state index >= 15 is 0 Å². The van der Waals surface area contributed by atoms with E-state index in [-0.39, 0.29) is 19.5 Å². The van der Waals surface area contributed by atoms with Gasteiger partial charge in [-0.3, -0.25) is 15.4 Å². The van der Waals surface area contributed by atoms with Gasteiger partial charge in [0.1, 0.15) is 0 Å². The molecule has 0 bridgehead atoms. The lowest BCUT2D eigenvalue weighted by Crippen LogP contribution is -2.66. The molecule has 2 heterocycles. The molecule has 0 aromatic heterocycles. The molecule has 0 aromatic rings. The van der Waals surface area contributed by atoms with Crippen LogP contribution < -0.4 is 10.6 Å². The third kappa shape index (κ3) is 1.49. The molecule has 4 nitrogen and oxygen atoms in total. The lowest BCUT2D eigenvalue weighted by molar-refractivity contribution is -0.215. The SMILES string of the molecule is CN1CCC(C2(C(F)(F)F)NCCN2)C1=O. The van der Waals surface area contributed by atoms with E-state index in [4.69, 9.17) is 0 Å². The maximum atomic E-state index is 13.1. The molecule has 2 N–H and O–H groups in total. The van der Waals surface area contributed by atoms with Crippen LogP contribution in [0.25, 0.3) is 0 Å². The van der Waals surface area contributed by atoms with Crippen LogP contribution in [0.15, 0.2) is 0 Å². The number of hydrogen-bond acceptors (Lipinski definition) is 3. The molecule has 0 spiro atoms. The third-order valence-corrected chi connectivity index (χ3v) is 3.33. The number of rotatable bonds is 1. The number of likely N-dealkylation sites (tertiary alicyclic amines) is 1. The summed E-state index contributed by atoms with van der Waals surface area (Å²) in [5, 5.41) is 4.84. The van der Waals surface area contributed by atoms with E-state index in [1.165, 1.54) is 11.9 Å². The Morgan fingerprint density at radius 1 is 1.38 bits per heavy atom. The van der Waals surface area contributed by atoms with Crippen LogP contribution in [0.1, 0.15) is 6.42 Å². The van der Waals surface area contributed by atoms with Gasteiger partial charge < -0.3 is 4.90 Å². The molecule has 1 unspecified atom stereocenters. The second-order valence-corrected chi connectivity index (χ2v) is 4.26. The second kappa shape index (κ2) is 3.59. The van der Waals surface area contributed by atoms with Gasteiger partial charge in [-0.05, 0) is 6.42 Å². The van der Waals surface area contributed by atoms with Crippen molar-refractivity contribution in [2.24, 2.45) is 5.92 Å². The molecule has 1 amide bonds. The van der Waals surface area contributed by atoms with Gasteiger partial charge in [-0.25, -0.2) is 0 Å². The van der Waals surface area contributed by atoms with Crippen molar-refractivity contribution in [3.8, 4) is 0 Å². The number of carbonyl (C=O) groups is 1. The Hall–Kier alpha value is -0.820. The van der Waals surface area contributed by atoms with E-state index in [0.717, 1.165) is 0 Å².